The molecular formula is C14H11BrN4O2. The Balaban J connectivity index is 2.36. The van der Waals surface area contributed by atoms with Crippen LogP contribution in [0.3, 0.4) is 0 Å². The van der Waals surface area contributed by atoms with Gasteiger partial charge in [-0.3, -0.25) is 10.1 Å². The zero-order valence-corrected chi connectivity index (χ0v) is 13.0. The summed E-state index contributed by atoms with van der Waals surface area (Å²) in [4.78, 5) is 14.9. The molecule has 106 valence electrons. The van der Waals surface area contributed by atoms with Crippen LogP contribution in [0.25, 0.3) is 16.6 Å². The smallest absolute Gasteiger partial charge is 0.258 e. The fraction of sp³-hybridized carbons (Fsp3) is 0.143. The van der Waals surface area contributed by atoms with Crippen LogP contribution in [0.1, 0.15) is 11.4 Å². The number of pyridine rings is 1. The molecule has 0 unspecified atom stereocenters. The van der Waals surface area contributed by atoms with E-state index in [9.17, 15) is 10.1 Å². The molecule has 2 heterocycles. The van der Waals surface area contributed by atoms with Crippen molar-refractivity contribution >= 4 is 32.5 Å². The number of fused-ring (bicyclic) bond motifs is 1. The number of halogens is 1. The normalized spacial score (nSPS) is 11.0. The Morgan fingerprint density at radius 3 is 2.67 bits per heavy atom. The number of hydrogen-bond donors (Lipinski definition) is 0. The van der Waals surface area contributed by atoms with E-state index in [4.69, 9.17) is 0 Å². The molecule has 7 heteroatoms. The van der Waals surface area contributed by atoms with Crippen molar-refractivity contribution in [1.82, 2.24) is 14.8 Å². The van der Waals surface area contributed by atoms with Crippen LogP contribution >= 0.6 is 15.9 Å². The van der Waals surface area contributed by atoms with Gasteiger partial charge in [-0.05, 0) is 35.8 Å². The summed E-state index contributed by atoms with van der Waals surface area (Å²) in [6.45, 7) is 3.84. The summed E-state index contributed by atoms with van der Waals surface area (Å²) in [5.74, 6) is 0. The van der Waals surface area contributed by atoms with Crippen LogP contribution in [-0.4, -0.2) is 19.7 Å². The van der Waals surface area contributed by atoms with Gasteiger partial charge in [0.15, 0.2) is 0 Å². The number of nitro benzene ring substituents is 1. The summed E-state index contributed by atoms with van der Waals surface area (Å²) in [5.41, 5.74) is 2.93. The summed E-state index contributed by atoms with van der Waals surface area (Å²) < 4.78 is 2.70. The van der Waals surface area contributed by atoms with Gasteiger partial charge in [0, 0.05) is 17.6 Å². The van der Waals surface area contributed by atoms with E-state index in [0.29, 0.717) is 10.9 Å². The molecule has 1 aromatic carbocycles. The number of para-hydroxylation sites is 1. The molecular weight excluding hydrogens is 336 g/mol. The molecule has 0 fully saturated rings. The van der Waals surface area contributed by atoms with Crippen molar-refractivity contribution in [2.24, 2.45) is 0 Å². The average Bonchev–Trinajstić information content (AvgIpc) is 2.73. The molecule has 0 bridgehead atoms. The summed E-state index contributed by atoms with van der Waals surface area (Å²) in [6.07, 6.45) is 1.56. The number of rotatable bonds is 2. The molecule has 0 radical (unpaired) electrons. The Morgan fingerprint density at radius 2 is 2.05 bits per heavy atom. The zero-order valence-electron chi connectivity index (χ0n) is 11.4. The zero-order chi connectivity index (χ0) is 15.1. The molecule has 2 aromatic heterocycles. The lowest BCUT2D eigenvalue weighted by Crippen LogP contribution is -2.01. The second-order valence-corrected chi connectivity index (χ2v) is 5.45. The third-order valence-electron chi connectivity index (χ3n) is 3.35. The van der Waals surface area contributed by atoms with Crippen molar-refractivity contribution in [2.75, 3.05) is 0 Å². The lowest BCUT2D eigenvalue weighted by molar-refractivity contribution is -0.383. The highest BCUT2D eigenvalue weighted by Gasteiger charge is 2.17. The van der Waals surface area contributed by atoms with Crippen LogP contribution < -0.4 is 0 Å². The lowest BCUT2D eigenvalue weighted by atomic mass is 10.1. The monoisotopic (exact) mass is 346 g/mol. The van der Waals surface area contributed by atoms with Gasteiger partial charge >= 0.3 is 0 Å². The van der Waals surface area contributed by atoms with Gasteiger partial charge in [0.25, 0.3) is 5.69 Å². The number of benzene rings is 1. The van der Waals surface area contributed by atoms with Crippen LogP contribution in [0, 0.1) is 24.0 Å². The molecule has 0 amide bonds. The predicted molar refractivity (Wildman–Crippen MR) is 82.7 cm³/mol. The van der Waals surface area contributed by atoms with E-state index in [1.807, 2.05) is 19.9 Å². The van der Waals surface area contributed by atoms with Gasteiger partial charge in [-0.2, -0.15) is 5.10 Å². The molecule has 0 spiro atoms. The fourth-order valence-electron chi connectivity index (χ4n) is 2.34. The second kappa shape index (κ2) is 4.92. The van der Waals surface area contributed by atoms with Crippen molar-refractivity contribution in [2.45, 2.75) is 13.8 Å². The number of nitro groups is 1. The van der Waals surface area contributed by atoms with E-state index < -0.39 is 4.92 Å². The summed E-state index contributed by atoms with van der Waals surface area (Å²) in [7, 11) is 0. The molecule has 21 heavy (non-hydrogen) atoms. The van der Waals surface area contributed by atoms with E-state index in [-0.39, 0.29) is 5.69 Å². The van der Waals surface area contributed by atoms with Crippen molar-refractivity contribution in [3.63, 3.8) is 0 Å². The van der Waals surface area contributed by atoms with Crippen molar-refractivity contribution in [3.8, 4) is 5.69 Å². The van der Waals surface area contributed by atoms with Gasteiger partial charge in [-0.25, -0.2) is 9.67 Å². The molecule has 0 aliphatic carbocycles. The minimum absolute atomic E-state index is 0.00468. The van der Waals surface area contributed by atoms with Gasteiger partial charge in [-0.1, -0.05) is 12.1 Å². The first kappa shape index (κ1) is 13.7. The minimum Gasteiger partial charge on any atom is -0.258 e. The van der Waals surface area contributed by atoms with E-state index in [1.165, 1.54) is 6.07 Å². The predicted octanol–water partition coefficient (Wildman–Crippen LogP) is 3.71. The highest BCUT2D eigenvalue weighted by atomic mass is 79.9. The SMILES string of the molecule is Cc1nn(-c2ccnc3c([N+](=O)[O-])cccc23)c(C)c1Br. The summed E-state index contributed by atoms with van der Waals surface area (Å²) in [6, 6.07) is 6.73. The average molecular weight is 347 g/mol. The highest BCUT2D eigenvalue weighted by Crippen LogP contribution is 2.30. The van der Waals surface area contributed by atoms with E-state index in [1.54, 1.807) is 23.0 Å². The quantitative estimate of drug-likeness (QED) is 0.523. The van der Waals surface area contributed by atoms with E-state index in [2.05, 4.69) is 26.0 Å². The number of non-ortho nitro benzene ring substituents is 1. The number of nitrogens with zero attached hydrogens (tertiary/aromatic N) is 4. The van der Waals surface area contributed by atoms with Crippen molar-refractivity contribution < 1.29 is 4.92 Å². The molecule has 0 saturated heterocycles. The molecule has 3 rings (SSSR count). The van der Waals surface area contributed by atoms with Gasteiger partial charge in [-0.15, -0.1) is 0 Å². The van der Waals surface area contributed by atoms with Gasteiger partial charge in [0.1, 0.15) is 5.52 Å². The molecule has 0 N–H and O–H groups in total. The first-order chi connectivity index (χ1) is 10.0. The molecule has 0 atom stereocenters. The maximum Gasteiger partial charge on any atom is 0.295 e. The third kappa shape index (κ3) is 2.09. The molecule has 0 aliphatic rings. The molecule has 3 aromatic rings. The largest absolute Gasteiger partial charge is 0.295 e. The Hall–Kier alpha value is -2.28. The Morgan fingerprint density at radius 1 is 1.29 bits per heavy atom. The molecule has 0 saturated carbocycles. The number of aromatic nitrogens is 3. The second-order valence-electron chi connectivity index (χ2n) is 4.66. The maximum absolute atomic E-state index is 11.1. The van der Waals surface area contributed by atoms with Gasteiger partial charge in [0.2, 0.25) is 0 Å². The van der Waals surface area contributed by atoms with Gasteiger partial charge in [0.05, 0.1) is 26.5 Å². The Kier molecular flexibility index (Phi) is 3.21. The molecule has 6 nitrogen and oxygen atoms in total. The van der Waals surface area contributed by atoms with Crippen molar-refractivity contribution in [3.05, 3.63) is 56.4 Å². The Bertz CT molecular complexity index is 873. The summed E-state index contributed by atoms with van der Waals surface area (Å²) >= 11 is 3.49. The van der Waals surface area contributed by atoms with E-state index >= 15 is 0 Å². The van der Waals surface area contributed by atoms with Crippen LogP contribution in [0.4, 0.5) is 5.69 Å². The van der Waals surface area contributed by atoms with Crippen LogP contribution in [0.15, 0.2) is 34.9 Å². The van der Waals surface area contributed by atoms with Crippen LogP contribution in [-0.2, 0) is 0 Å². The number of hydrogen-bond acceptors (Lipinski definition) is 4. The number of aryl methyl sites for hydroxylation is 1. The highest BCUT2D eigenvalue weighted by molar-refractivity contribution is 9.10. The minimum atomic E-state index is -0.420. The first-order valence-electron chi connectivity index (χ1n) is 6.25. The topological polar surface area (TPSA) is 73.8 Å². The fourth-order valence-corrected chi connectivity index (χ4v) is 2.58. The standard InChI is InChI=1S/C14H11BrN4O2/c1-8-13(15)9(2)18(17-8)11-6-7-16-14-10(11)4-3-5-12(14)19(20)21/h3-7H,1-2H3. The third-order valence-corrected chi connectivity index (χ3v) is 4.50. The maximum atomic E-state index is 11.1. The van der Waals surface area contributed by atoms with E-state index in [0.717, 1.165) is 21.5 Å². The first-order valence-corrected chi connectivity index (χ1v) is 7.04. The van der Waals surface area contributed by atoms with Crippen molar-refractivity contribution in [1.29, 1.82) is 0 Å². The Labute approximate surface area is 128 Å². The van der Waals surface area contributed by atoms with Crippen LogP contribution in [0.5, 0.6) is 0 Å². The molecule has 0 aliphatic heterocycles. The lowest BCUT2D eigenvalue weighted by Gasteiger charge is -2.08. The van der Waals surface area contributed by atoms with Gasteiger partial charge < -0.3 is 0 Å². The van der Waals surface area contributed by atoms with Crippen LogP contribution in [0.2, 0.25) is 0 Å². The summed E-state index contributed by atoms with van der Waals surface area (Å²) in [5, 5.41) is 16.3.